The lowest BCUT2D eigenvalue weighted by Crippen LogP contribution is -2.33. The third-order valence-electron chi connectivity index (χ3n) is 4.07. The summed E-state index contributed by atoms with van der Waals surface area (Å²) in [5.74, 6) is 1.58. The first-order valence-corrected chi connectivity index (χ1v) is 7.59. The number of nitrogens with two attached hydrogens (primary N) is 1. The van der Waals surface area contributed by atoms with Crippen molar-refractivity contribution >= 4 is 5.82 Å². The van der Waals surface area contributed by atoms with Crippen molar-refractivity contribution in [2.75, 3.05) is 11.4 Å². The minimum Gasteiger partial charge on any atom is -0.354 e. The normalized spacial score (nSPS) is 20.7. The van der Waals surface area contributed by atoms with Crippen LogP contribution in [0.4, 0.5) is 5.82 Å². The van der Waals surface area contributed by atoms with E-state index in [1.54, 1.807) is 0 Å². The summed E-state index contributed by atoms with van der Waals surface area (Å²) in [7, 11) is 0. The summed E-state index contributed by atoms with van der Waals surface area (Å²) in [6.07, 6.45) is 5.22. The molecule has 3 nitrogen and oxygen atoms in total. The zero-order valence-electron chi connectivity index (χ0n) is 12.5. The molecule has 0 aromatic carbocycles. The fraction of sp³-hybridized carbons (Fsp3) is 0.688. The van der Waals surface area contributed by atoms with Gasteiger partial charge in [0.25, 0.3) is 0 Å². The van der Waals surface area contributed by atoms with Gasteiger partial charge in [0.1, 0.15) is 5.82 Å². The van der Waals surface area contributed by atoms with Crippen LogP contribution in [0.15, 0.2) is 12.1 Å². The van der Waals surface area contributed by atoms with Crippen LogP contribution in [-0.4, -0.2) is 17.6 Å². The molecule has 0 spiro atoms. The van der Waals surface area contributed by atoms with E-state index in [-0.39, 0.29) is 0 Å². The Bertz CT molecular complexity index is 414. The Hall–Kier alpha value is -1.09. The molecule has 3 heteroatoms. The Morgan fingerprint density at radius 1 is 1.32 bits per heavy atom. The minimum atomic E-state index is 0.451. The van der Waals surface area contributed by atoms with Gasteiger partial charge in [-0.1, -0.05) is 26.7 Å². The monoisotopic (exact) mass is 261 g/mol. The predicted molar refractivity (Wildman–Crippen MR) is 81.5 cm³/mol. The van der Waals surface area contributed by atoms with Crippen LogP contribution in [0.5, 0.6) is 0 Å². The lowest BCUT2D eigenvalue weighted by molar-refractivity contribution is 0.609. The van der Waals surface area contributed by atoms with Gasteiger partial charge in [-0.3, -0.25) is 0 Å². The van der Waals surface area contributed by atoms with E-state index >= 15 is 0 Å². The lowest BCUT2D eigenvalue weighted by Gasteiger charge is -2.29. The number of pyridine rings is 1. The summed E-state index contributed by atoms with van der Waals surface area (Å²) < 4.78 is 0. The Labute approximate surface area is 117 Å². The van der Waals surface area contributed by atoms with Crippen LogP contribution in [0, 0.1) is 0 Å². The molecule has 1 fully saturated rings. The van der Waals surface area contributed by atoms with Crippen molar-refractivity contribution in [3.63, 3.8) is 0 Å². The molecule has 0 saturated carbocycles. The largest absolute Gasteiger partial charge is 0.354 e. The predicted octanol–water partition coefficient (Wildman–Crippen LogP) is 3.43. The zero-order chi connectivity index (χ0) is 13.8. The van der Waals surface area contributed by atoms with Crippen LogP contribution in [0.25, 0.3) is 0 Å². The molecule has 106 valence electrons. The van der Waals surface area contributed by atoms with Gasteiger partial charge in [-0.15, -0.1) is 0 Å². The van der Waals surface area contributed by atoms with Crippen molar-refractivity contribution in [3.8, 4) is 0 Å². The maximum absolute atomic E-state index is 5.84. The molecule has 0 bridgehead atoms. The topological polar surface area (TPSA) is 42.1 Å². The van der Waals surface area contributed by atoms with E-state index in [1.807, 2.05) is 0 Å². The summed E-state index contributed by atoms with van der Waals surface area (Å²) in [4.78, 5) is 7.34. The second kappa shape index (κ2) is 6.38. The highest BCUT2D eigenvalue weighted by Crippen LogP contribution is 2.25. The van der Waals surface area contributed by atoms with Crippen molar-refractivity contribution in [2.24, 2.45) is 5.73 Å². The van der Waals surface area contributed by atoms with Crippen LogP contribution in [0.1, 0.15) is 63.6 Å². The Morgan fingerprint density at radius 2 is 2.11 bits per heavy atom. The second-order valence-electron chi connectivity index (χ2n) is 6.01. The first-order valence-electron chi connectivity index (χ1n) is 7.59. The standard InChI is InChI=1S/C16H27N3/c1-12(2)15-9-14(11-17)10-16(18-15)19-8-6-4-5-7-13(19)3/h9-10,12-13H,4-8,11,17H2,1-3H3. The Balaban J connectivity index is 2.33. The van der Waals surface area contributed by atoms with Gasteiger partial charge in [-0.2, -0.15) is 0 Å². The molecule has 1 atom stereocenters. The third kappa shape index (κ3) is 3.47. The zero-order valence-corrected chi connectivity index (χ0v) is 12.5. The lowest BCUT2D eigenvalue weighted by atomic mass is 10.1. The molecule has 19 heavy (non-hydrogen) atoms. The maximum atomic E-state index is 5.84. The summed E-state index contributed by atoms with van der Waals surface area (Å²) in [5.41, 5.74) is 8.20. The van der Waals surface area contributed by atoms with Gasteiger partial charge in [0, 0.05) is 24.8 Å². The number of rotatable bonds is 3. The molecule has 2 N–H and O–H groups in total. The maximum Gasteiger partial charge on any atom is 0.129 e. The number of nitrogens with zero attached hydrogens (tertiary/aromatic N) is 2. The average Bonchev–Trinajstić information content (AvgIpc) is 2.62. The highest BCUT2D eigenvalue weighted by molar-refractivity contribution is 5.44. The van der Waals surface area contributed by atoms with E-state index in [1.165, 1.54) is 31.2 Å². The smallest absolute Gasteiger partial charge is 0.129 e. The van der Waals surface area contributed by atoms with Gasteiger partial charge in [-0.25, -0.2) is 4.98 Å². The molecule has 0 amide bonds. The van der Waals surface area contributed by atoms with E-state index in [9.17, 15) is 0 Å². The van der Waals surface area contributed by atoms with Crippen LogP contribution < -0.4 is 10.6 Å². The molecule has 0 radical (unpaired) electrons. The summed E-state index contributed by atoms with van der Waals surface area (Å²) >= 11 is 0. The van der Waals surface area contributed by atoms with Crippen LogP contribution in [0.2, 0.25) is 0 Å². The Morgan fingerprint density at radius 3 is 2.79 bits per heavy atom. The Kier molecular flexibility index (Phi) is 4.81. The van der Waals surface area contributed by atoms with E-state index in [0.717, 1.165) is 18.1 Å². The van der Waals surface area contributed by atoms with Crippen LogP contribution in [-0.2, 0) is 6.54 Å². The summed E-state index contributed by atoms with van der Waals surface area (Å²) in [5, 5.41) is 0. The number of anilines is 1. The van der Waals surface area contributed by atoms with Gasteiger partial charge in [0.05, 0.1) is 0 Å². The molecular formula is C16H27N3. The molecular weight excluding hydrogens is 234 g/mol. The summed E-state index contributed by atoms with van der Waals surface area (Å²) in [6.45, 7) is 8.42. The molecule has 1 unspecified atom stereocenters. The SMILES string of the molecule is CC(C)c1cc(CN)cc(N2CCCCCC2C)n1. The molecule has 0 aliphatic carbocycles. The second-order valence-corrected chi connectivity index (χ2v) is 6.01. The van der Waals surface area contributed by atoms with Crippen molar-refractivity contribution in [2.45, 2.75) is 65.0 Å². The van der Waals surface area contributed by atoms with E-state index in [0.29, 0.717) is 18.5 Å². The highest BCUT2D eigenvalue weighted by atomic mass is 15.2. The highest BCUT2D eigenvalue weighted by Gasteiger charge is 2.19. The van der Waals surface area contributed by atoms with Crippen molar-refractivity contribution < 1.29 is 0 Å². The number of hydrogen-bond donors (Lipinski definition) is 1. The van der Waals surface area contributed by atoms with Gasteiger partial charge in [0.15, 0.2) is 0 Å². The van der Waals surface area contributed by atoms with Crippen molar-refractivity contribution in [1.82, 2.24) is 4.98 Å². The molecule has 1 saturated heterocycles. The summed E-state index contributed by atoms with van der Waals surface area (Å²) in [6, 6.07) is 4.91. The first-order chi connectivity index (χ1) is 9.11. The average molecular weight is 261 g/mol. The molecule has 2 rings (SSSR count). The van der Waals surface area contributed by atoms with Gasteiger partial charge >= 0.3 is 0 Å². The fourth-order valence-corrected chi connectivity index (χ4v) is 2.77. The minimum absolute atomic E-state index is 0.451. The number of hydrogen-bond acceptors (Lipinski definition) is 3. The van der Waals surface area contributed by atoms with Crippen molar-refractivity contribution in [1.29, 1.82) is 0 Å². The van der Waals surface area contributed by atoms with Crippen molar-refractivity contribution in [3.05, 3.63) is 23.4 Å². The molecule has 1 aromatic heterocycles. The molecule has 2 heterocycles. The molecule has 1 aliphatic heterocycles. The number of aromatic nitrogens is 1. The van der Waals surface area contributed by atoms with Gasteiger partial charge < -0.3 is 10.6 Å². The quantitative estimate of drug-likeness (QED) is 0.906. The van der Waals surface area contributed by atoms with E-state index in [2.05, 4.69) is 37.8 Å². The van der Waals surface area contributed by atoms with Crippen LogP contribution >= 0.6 is 0 Å². The molecule has 1 aliphatic rings. The van der Waals surface area contributed by atoms with Gasteiger partial charge in [-0.05, 0) is 43.4 Å². The van der Waals surface area contributed by atoms with Crippen LogP contribution in [0.3, 0.4) is 0 Å². The molecule has 1 aromatic rings. The fourth-order valence-electron chi connectivity index (χ4n) is 2.77. The van der Waals surface area contributed by atoms with E-state index in [4.69, 9.17) is 10.7 Å². The third-order valence-corrected chi connectivity index (χ3v) is 4.07. The van der Waals surface area contributed by atoms with E-state index < -0.39 is 0 Å². The first kappa shape index (κ1) is 14.3. The van der Waals surface area contributed by atoms with Gasteiger partial charge in [0.2, 0.25) is 0 Å².